The summed E-state index contributed by atoms with van der Waals surface area (Å²) in [7, 11) is 0. The third-order valence-electron chi connectivity index (χ3n) is 5.52. The first-order valence-corrected chi connectivity index (χ1v) is 11.1. The van der Waals surface area contributed by atoms with Gasteiger partial charge in [0.2, 0.25) is 5.91 Å². The van der Waals surface area contributed by atoms with E-state index in [1.807, 2.05) is 38.1 Å². The Bertz CT molecular complexity index is 889. The smallest absolute Gasteiger partial charge is 0.261 e. The predicted octanol–water partition coefficient (Wildman–Crippen LogP) is 4.83. The average molecular weight is 443 g/mol. The summed E-state index contributed by atoms with van der Waals surface area (Å²) in [6, 6.07) is 12.9. The van der Waals surface area contributed by atoms with Gasteiger partial charge in [0.25, 0.3) is 5.91 Å². The van der Waals surface area contributed by atoms with Crippen molar-refractivity contribution in [2.75, 3.05) is 6.61 Å². The van der Waals surface area contributed by atoms with Gasteiger partial charge in [-0.05, 0) is 61.1 Å². The molecular formula is C26H35FN2O3. The van der Waals surface area contributed by atoms with Crippen LogP contribution in [0.1, 0.15) is 59.1 Å². The Hall–Kier alpha value is -2.89. The molecule has 2 rings (SSSR count). The van der Waals surface area contributed by atoms with Gasteiger partial charge in [0.05, 0.1) is 0 Å². The van der Waals surface area contributed by atoms with Gasteiger partial charge >= 0.3 is 0 Å². The highest BCUT2D eigenvalue weighted by atomic mass is 19.1. The molecule has 32 heavy (non-hydrogen) atoms. The van der Waals surface area contributed by atoms with Gasteiger partial charge in [-0.3, -0.25) is 9.59 Å². The Morgan fingerprint density at radius 1 is 1.03 bits per heavy atom. The molecule has 174 valence electrons. The van der Waals surface area contributed by atoms with Crippen LogP contribution in [-0.4, -0.2) is 35.4 Å². The lowest BCUT2D eigenvalue weighted by Gasteiger charge is -2.29. The van der Waals surface area contributed by atoms with Crippen molar-refractivity contribution in [1.29, 1.82) is 0 Å². The predicted molar refractivity (Wildman–Crippen MR) is 125 cm³/mol. The maximum absolute atomic E-state index is 13.3. The van der Waals surface area contributed by atoms with Crippen molar-refractivity contribution in [3.63, 3.8) is 0 Å². The first-order valence-electron chi connectivity index (χ1n) is 11.1. The summed E-state index contributed by atoms with van der Waals surface area (Å²) in [5, 5.41) is 2.92. The fourth-order valence-corrected chi connectivity index (χ4v) is 3.11. The zero-order valence-corrected chi connectivity index (χ0v) is 19.9. The molecule has 0 heterocycles. The fourth-order valence-electron chi connectivity index (χ4n) is 3.11. The molecule has 0 saturated heterocycles. The van der Waals surface area contributed by atoms with Crippen LogP contribution in [0.3, 0.4) is 0 Å². The van der Waals surface area contributed by atoms with Crippen molar-refractivity contribution >= 4 is 11.8 Å². The highest BCUT2D eigenvalue weighted by molar-refractivity contribution is 5.88. The van der Waals surface area contributed by atoms with Crippen LogP contribution in [0.15, 0.2) is 48.5 Å². The van der Waals surface area contributed by atoms with E-state index in [0.29, 0.717) is 5.75 Å². The second-order valence-electron chi connectivity index (χ2n) is 9.21. The minimum atomic E-state index is -0.701. The molecule has 0 bridgehead atoms. The minimum Gasteiger partial charge on any atom is -0.484 e. The summed E-state index contributed by atoms with van der Waals surface area (Å²) in [6.45, 7) is 12.0. The van der Waals surface area contributed by atoms with E-state index in [0.717, 1.165) is 12.0 Å². The van der Waals surface area contributed by atoms with E-state index in [4.69, 9.17) is 4.74 Å². The largest absolute Gasteiger partial charge is 0.484 e. The Kier molecular flexibility index (Phi) is 8.81. The van der Waals surface area contributed by atoms with Crippen molar-refractivity contribution in [2.45, 2.75) is 72.0 Å². The first-order chi connectivity index (χ1) is 15.0. The van der Waals surface area contributed by atoms with Gasteiger partial charge in [-0.1, -0.05) is 52.0 Å². The number of benzene rings is 2. The van der Waals surface area contributed by atoms with Crippen molar-refractivity contribution in [1.82, 2.24) is 10.2 Å². The Morgan fingerprint density at radius 3 is 2.16 bits per heavy atom. The van der Waals surface area contributed by atoms with Crippen LogP contribution in [0.2, 0.25) is 0 Å². The molecule has 2 aromatic carbocycles. The van der Waals surface area contributed by atoms with E-state index in [2.05, 4.69) is 26.1 Å². The van der Waals surface area contributed by atoms with Crippen LogP contribution in [0, 0.1) is 5.82 Å². The van der Waals surface area contributed by atoms with E-state index in [1.165, 1.54) is 22.6 Å². The normalized spacial score (nSPS) is 13.2. The summed E-state index contributed by atoms with van der Waals surface area (Å²) in [5.41, 5.74) is 1.93. The maximum atomic E-state index is 13.3. The molecule has 0 radical (unpaired) electrons. The molecule has 5 nitrogen and oxygen atoms in total. The maximum Gasteiger partial charge on any atom is 0.261 e. The van der Waals surface area contributed by atoms with Gasteiger partial charge in [-0.15, -0.1) is 0 Å². The van der Waals surface area contributed by atoms with Crippen LogP contribution in [0.4, 0.5) is 4.39 Å². The molecule has 1 N–H and O–H groups in total. The molecule has 2 atom stereocenters. The number of ether oxygens (including phenoxy) is 1. The third-order valence-corrected chi connectivity index (χ3v) is 5.52. The number of carbonyl (C=O) groups is 2. The fraction of sp³-hybridized carbons (Fsp3) is 0.462. The lowest BCUT2D eigenvalue weighted by atomic mass is 9.87. The Labute approximate surface area is 191 Å². The quantitative estimate of drug-likeness (QED) is 0.605. The lowest BCUT2D eigenvalue weighted by molar-refractivity contribution is -0.142. The van der Waals surface area contributed by atoms with Crippen LogP contribution in [0.5, 0.6) is 5.75 Å². The highest BCUT2D eigenvalue weighted by Crippen LogP contribution is 2.24. The monoisotopic (exact) mass is 442 g/mol. The lowest BCUT2D eigenvalue weighted by Crippen LogP contribution is -2.50. The molecule has 0 fully saturated rings. The molecular weight excluding hydrogens is 407 g/mol. The van der Waals surface area contributed by atoms with Gasteiger partial charge in [0.15, 0.2) is 6.61 Å². The second kappa shape index (κ2) is 11.1. The summed E-state index contributed by atoms with van der Waals surface area (Å²) >= 11 is 0. The van der Waals surface area contributed by atoms with E-state index < -0.39 is 6.04 Å². The van der Waals surface area contributed by atoms with Crippen LogP contribution in [0.25, 0.3) is 0 Å². The summed E-state index contributed by atoms with van der Waals surface area (Å²) in [5.74, 6) is -0.314. The molecule has 2 amide bonds. The summed E-state index contributed by atoms with van der Waals surface area (Å²) < 4.78 is 19.0. The van der Waals surface area contributed by atoms with Gasteiger partial charge in [0.1, 0.15) is 17.6 Å². The van der Waals surface area contributed by atoms with Gasteiger partial charge in [-0.2, -0.15) is 0 Å². The second-order valence-corrected chi connectivity index (χ2v) is 9.21. The number of amides is 2. The number of halogens is 1. The summed E-state index contributed by atoms with van der Waals surface area (Å²) in [4.78, 5) is 27.2. The van der Waals surface area contributed by atoms with Crippen molar-refractivity contribution < 1.29 is 18.7 Å². The molecule has 0 spiro atoms. The van der Waals surface area contributed by atoms with Gasteiger partial charge in [0, 0.05) is 12.6 Å². The number of carbonyl (C=O) groups excluding carboxylic acids is 2. The zero-order valence-electron chi connectivity index (χ0n) is 19.9. The SMILES string of the molecule is CC[C@@H](C)NC(=O)[C@@H](C)N(Cc1ccc(F)cc1)C(=O)COc1ccc(C(C)(C)C)cc1. The molecule has 0 unspecified atom stereocenters. The summed E-state index contributed by atoms with van der Waals surface area (Å²) in [6.07, 6.45) is 0.790. The van der Waals surface area contributed by atoms with E-state index in [1.54, 1.807) is 19.1 Å². The van der Waals surface area contributed by atoms with Gasteiger partial charge in [-0.25, -0.2) is 4.39 Å². The van der Waals surface area contributed by atoms with Crippen LogP contribution < -0.4 is 10.1 Å². The number of hydrogen-bond acceptors (Lipinski definition) is 3. The molecule has 0 saturated carbocycles. The topological polar surface area (TPSA) is 58.6 Å². The van der Waals surface area contributed by atoms with E-state index in [-0.39, 0.29) is 42.2 Å². The van der Waals surface area contributed by atoms with Crippen molar-refractivity contribution in [2.24, 2.45) is 0 Å². The molecule has 0 aliphatic rings. The van der Waals surface area contributed by atoms with E-state index in [9.17, 15) is 14.0 Å². The molecule has 0 aromatic heterocycles. The number of hydrogen-bond donors (Lipinski definition) is 1. The Morgan fingerprint density at radius 2 is 1.62 bits per heavy atom. The van der Waals surface area contributed by atoms with Gasteiger partial charge < -0.3 is 15.0 Å². The molecule has 6 heteroatoms. The zero-order chi connectivity index (χ0) is 23.9. The first kappa shape index (κ1) is 25.4. The minimum absolute atomic E-state index is 0.00491. The highest BCUT2D eigenvalue weighted by Gasteiger charge is 2.27. The third kappa shape index (κ3) is 7.36. The molecule has 0 aliphatic heterocycles. The Balaban J connectivity index is 2.13. The standard InChI is InChI=1S/C26H35FN2O3/c1-7-18(2)28-25(31)19(3)29(16-20-8-12-22(27)13-9-20)24(30)17-32-23-14-10-21(11-15-23)26(4,5)6/h8-15,18-19H,7,16-17H2,1-6H3,(H,28,31)/t18-,19-/m1/s1. The average Bonchev–Trinajstić information content (AvgIpc) is 2.76. The van der Waals surface area contributed by atoms with Crippen molar-refractivity contribution in [3.8, 4) is 5.75 Å². The van der Waals surface area contributed by atoms with E-state index >= 15 is 0 Å². The number of nitrogens with zero attached hydrogens (tertiary/aromatic N) is 1. The molecule has 0 aliphatic carbocycles. The number of rotatable bonds is 9. The number of nitrogens with one attached hydrogen (secondary N) is 1. The van der Waals surface area contributed by atoms with Crippen LogP contribution in [-0.2, 0) is 21.5 Å². The van der Waals surface area contributed by atoms with Crippen molar-refractivity contribution in [3.05, 3.63) is 65.5 Å². The van der Waals surface area contributed by atoms with Crippen LogP contribution >= 0.6 is 0 Å². The molecule has 2 aromatic rings.